The lowest BCUT2D eigenvalue weighted by Crippen LogP contribution is -2.01. The van der Waals surface area contributed by atoms with Crippen LogP contribution in [0.2, 0.25) is 0 Å². The molecule has 1 heterocycles. The minimum Gasteiger partial charge on any atom is -0.487 e. The summed E-state index contributed by atoms with van der Waals surface area (Å²) in [6.07, 6.45) is 2.56. The Labute approximate surface area is 111 Å². The SMILES string of the molecule is COC(=O)CCc1ccc(OCc2ccon2)cc1. The van der Waals surface area contributed by atoms with Gasteiger partial charge in [-0.2, -0.15) is 0 Å². The summed E-state index contributed by atoms with van der Waals surface area (Å²) >= 11 is 0. The summed E-state index contributed by atoms with van der Waals surface area (Å²) in [5.74, 6) is 0.552. The van der Waals surface area contributed by atoms with Crippen molar-refractivity contribution in [2.45, 2.75) is 19.4 Å². The molecule has 5 nitrogen and oxygen atoms in total. The molecular weight excluding hydrogens is 246 g/mol. The first-order valence-electron chi connectivity index (χ1n) is 5.96. The molecule has 0 saturated carbocycles. The molecule has 5 heteroatoms. The van der Waals surface area contributed by atoms with Crippen molar-refractivity contribution in [2.75, 3.05) is 7.11 Å². The number of nitrogens with zero attached hydrogens (tertiary/aromatic N) is 1. The van der Waals surface area contributed by atoms with Gasteiger partial charge >= 0.3 is 5.97 Å². The molecule has 19 heavy (non-hydrogen) atoms. The third-order valence-corrected chi connectivity index (χ3v) is 2.65. The molecule has 0 aliphatic rings. The van der Waals surface area contributed by atoms with E-state index in [-0.39, 0.29) is 5.97 Å². The van der Waals surface area contributed by atoms with Crippen LogP contribution in [0.3, 0.4) is 0 Å². The number of rotatable bonds is 6. The van der Waals surface area contributed by atoms with Gasteiger partial charge in [0.05, 0.1) is 7.11 Å². The van der Waals surface area contributed by atoms with Crippen LogP contribution in [0.1, 0.15) is 17.7 Å². The lowest BCUT2D eigenvalue weighted by molar-refractivity contribution is -0.140. The lowest BCUT2D eigenvalue weighted by atomic mass is 10.1. The van der Waals surface area contributed by atoms with Crippen LogP contribution < -0.4 is 4.74 Å². The maximum absolute atomic E-state index is 11.0. The predicted molar refractivity (Wildman–Crippen MR) is 67.6 cm³/mol. The molecule has 0 unspecified atom stereocenters. The maximum Gasteiger partial charge on any atom is 0.305 e. The molecule has 0 amide bonds. The summed E-state index contributed by atoms with van der Waals surface area (Å²) < 4.78 is 14.8. The van der Waals surface area contributed by atoms with Crippen LogP contribution in [0.25, 0.3) is 0 Å². The fourth-order valence-corrected chi connectivity index (χ4v) is 1.57. The quantitative estimate of drug-likeness (QED) is 0.747. The Morgan fingerprint density at radius 2 is 2.05 bits per heavy atom. The number of esters is 1. The second kappa shape index (κ2) is 6.58. The van der Waals surface area contributed by atoms with Crippen molar-refractivity contribution in [1.29, 1.82) is 0 Å². The predicted octanol–water partition coefficient (Wildman–Crippen LogP) is 2.36. The van der Waals surface area contributed by atoms with Crippen molar-refractivity contribution < 1.29 is 18.8 Å². The summed E-state index contributed by atoms with van der Waals surface area (Å²) in [7, 11) is 1.39. The Kier molecular flexibility index (Phi) is 4.55. The fourth-order valence-electron chi connectivity index (χ4n) is 1.57. The van der Waals surface area contributed by atoms with E-state index in [2.05, 4.69) is 9.89 Å². The Morgan fingerprint density at radius 3 is 2.68 bits per heavy atom. The number of carbonyl (C=O) groups is 1. The van der Waals surface area contributed by atoms with Gasteiger partial charge in [-0.3, -0.25) is 4.79 Å². The number of hydrogen-bond acceptors (Lipinski definition) is 5. The molecule has 0 aliphatic heterocycles. The molecule has 2 aromatic rings. The van der Waals surface area contributed by atoms with Crippen LogP contribution >= 0.6 is 0 Å². The van der Waals surface area contributed by atoms with E-state index in [0.29, 0.717) is 19.4 Å². The van der Waals surface area contributed by atoms with Gasteiger partial charge < -0.3 is 14.0 Å². The highest BCUT2D eigenvalue weighted by atomic mass is 16.5. The zero-order valence-corrected chi connectivity index (χ0v) is 10.7. The van der Waals surface area contributed by atoms with Gasteiger partial charge in [-0.25, -0.2) is 0 Å². The largest absolute Gasteiger partial charge is 0.487 e. The maximum atomic E-state index is 11.0. The topological polar surface area (TPSA) is 61.6 Å². The third-order valence-electron chi connectivity index (χ3n) is 2.65. The van der Waals surface area contributed by atoms with E-state index >= 15 is 0 Å². The molecule has 0 spiro atoms. The van der Waals surface area contributed by atoms with Gasteiger partial charge in [-0.05, 0) is 24.1 Å². The first-order valence-corrected chi connectivity index (χ1v) is 5.96. The van der Waals surface area contributed by atoms with E-state index in [9.17, 15) is 4.79 Å². The van der Waals surface area contributed by atoms with Crippen LogP contribution in [0.5, 0.6) is 5.75 Å². The summed E-state index contributed by atoms with van der Waals surface area (Å²) in [6, 6.07) is 9.35. The summed E-state index contributed by atoms with van der Waals surface area (Å²) in [4.78, 5) is 11.0. The van der Waals surface area contributed by atoms with E-state index in [1.165, 1.54) is 13.4 Å². The molecule has 0 N–H and O–H groups in total. The molecule has 0 bridgehead atoms. The lowest BCUT2D eigenvalue weighted by Gasteiger charge is -2.05. The average molecular weight is 261 g/mol. The number of benzene rings is 1. The third kappa shape index (κ3) is 4.13. The van der Waals surface area contributed by atoms with Gasteiger partial charge in [-0.1, -0.05) is 17.3 Å². The van der Waals surface area contributed by atoms with Crippen molar-refractivity contribution in [3.63, 3.8) is 0 Å². The first-order chi connectivity index (χ1) is 9.28. The Morgan fingerprint density at radius 1 is 1.26 bits per heavy atom. The molecule has 2 rings (SSSR count). The monoisotopic (exact) mass is 261 g/mol. The van der Waals surface area contributed by atoms with Gasteiger partial charge in [0.2, 0.25) is 0 Å². The summed E-state index contributed by atoms with van der Waals surface area (Å²) in [5, 5.41) is 3.76. The van der Waals surface area contributed by atoms with Crippen molar-refractivity contribution in [1.82, 2.24) is 5.16 Å². The number of aryl methyl sites for hydroxylation is 1. The zero-order valence-electron chi connectivity index (χ0n) is 10.7. The normalized spacial score (nSPS) is 10.2. The smallest absolute Gasteiger partial charge is 0.305 e. The number of carbonyl (C=O) groups excluding carboxylic acids is 1. The molecule has 0 radical (unpaired) electrons. The van der Waals surface area contributed by atoms with Gasteiger partial charge in [0.15, 0.2) is 0 Å². The van der Waals surface area contributed by atoms with Gasteiger partial charge in [0, 0.05) is 12.5 Å². The second-order valence-corrected chi connectivity index (χ2v) is 4.00. The molecule has 0 atom stereocenters. The van der Waals surface area contributed by atoms with Crippen LogP contribution in [0.15, 0.2) is 41.1 Å². The van der Waals surface area contributed by atoms with E-state index in [4.69, 9.17) is 9.26 Å². The molecule has 0 fully saturated rings. The minimum atomic E-state index is -0.202. The number of ether oxygens (including phenoxy) is 2. The highest BCUT2D eigenvalue weighted by molar-refractivity contribution is 5.69. The number of methoxy groups -OCH3 is 1. The van der Waals surface area contributed by atoms with E-state index in [1.54, 1.807) is 6.07 Å². The molecule has 100 valence electrons. The van der Waals surface area contributed by atoms with Crippen molar-refractivity contribution in [3.8, 4) is 5.75 Å². The highest BCUT2D eigenvalue weighted by Gasteiger charge is 2.02. The van der Waals surface area contributed by atoms with Crippen LogP contribution in [-0.2, 0) is 22.6 Å². The average Bonchev–Trinajstić information content (AvgIpc) is 2.97. The fraction of sp³-hybridized carbons (Fsp3) is 0.286. The number of hydrogen-bond donors (Lipinski definition) is 0. The molecule has 1 aromatic carbocycles. The minimum absolute atomic E-state index is 0.202. The second-order valence-electron chi connectivity index (χ2n) is 4.00. The Balaban J connectivity index is 1.82. The van der Waals surface area contributed by atoms with Crippen molar-refractivity contribution in [2.24, 2.45) is 0 Å². The van der Waals surface area contributed by atoms with Gasteiger partial charge in [0.25, 0.3) is 0 Å². The van der Waals surface area contributed by atoms with Crippen molar-refractivity contribution in [3.05, 3.63) is 47.9 Å². The molecule has 1 aromatic heterocycles. The van der Waals surface area contributed by atoms with Crippen LogP contribution in [0.4, 0.5) is 0 Å². The van der Waals surface area contributed by atoms with Crippen LogP contribution in [0, 0.1) is 0 Å². The van der Waals surface area contributed by atoms with Gasteiger partial charge in [0.1, 0.15) is 24.3 Å². The van der Waals surface area contributed by atoms with Crippen molar-refractivity contribution >= 4 is 5.97 Å². The number of aromatic nitrogens is 1. The van der Waals surface area contributed by atoms with E-state index < -0.39 is 0 Å². The molecular formula is C14H15NO4. The Hall–Kier alpha value is -2.30. The Bertz CT molecular complexity index is 505. The first kappa shape index (κ1) is 13.1. The van der Waals surface area contributed by atoms with Gasteiger partial charge in [-0.15, -0.1) is 0 Å². The highest BCUT2D eigenvalue weighted by Crippen LogP contribution is 2.15. The molecule has 0 saturated heterocycles. The zero-order chi connectivity index (χ0) is 13.5. The van der Waals surface area contributed by atoms with Crippen LogP contribution in [-0.4, -0.2) is 18.2 Å². The summed E-state index contributed by atoms with van der Waals surface area (Å²) in [6.45, 7) is 0.373. The van der Waals surface area contributed by atoms with E-state index in [0.717, 1.165) is 17.0 Å². The summed E-state index contributed by atoms with van der Waals surface area (Å²) in [5.41, 5.74) is 1.81. The standard InChI is InChI=1S/C14H15NO4/c1-17-14(16)7-4-11-2-5-13(6-3-11)18-10-12-8-9-19-15-12/h2-3,5-6,8-9H,4,7,10H2,1H3. The molecule has 0 aliphatic carbocycles. The van der Waals surface area contributed by atoms with E-state index in [1.807, 2.05) is 24.3 Å².